The van der Waals surface area contributed by atoms with E-state index in [4.69, 9.17) is 4.74 Å². The second-order valence-electron chi connectivity index (χ2n) is 5.09. The van der Waals surface area contributed by atoms with Crippen molar-refractivity contribution in [1.82, 2.24) is 5.32 Å². The number of methoxy groups -OCH3 is 1. The lowest BCUT2D eigenvalue weighted by Gasteiger charge is -2.43. The van der Waals surface area contributed by atoms with E-state index in [-0.39, 0.29) is 23.7 Å². The molecule has 1 aromatic rings. The highest BCUT2D eigenvalue weighted by atomic mass is 16.5. The number of nitrogens with one attached hydrogen (secondary N) is 1. The minimum absolute atomic E-state index is 0.0437. The molecule has 0 atom stereocenters. The van der Waals surface area contributed by atoms with Crippen molar-refractivity contribution in [2.75, 3.05) is 7.11 Å². The van der Waals surface area contributed by atoms with Crippen molar-refractivity contribution < 1.29 is 14.3 Å². The first-order valence-electron chi connectivity index (χ1n) is 6.51. The van der Waals surface area contributed by atoms with E-state index in [2.05, 4.69) is 5.32 Å². The van der Waals surface area contributed by atoms with Gasteiger partial charge in [0.05, 0.1) is 19.1 Å². The van der Waals surface area contributed by atoms with Crippen LogP contribution in [0.2, 0.25) is 0 Å². The quantitative estimate of drug-likeness (QED) is 0.826. The molecule has 4 nitrogen and oxygen atoms in total. The van der Waals surface area contributed by atoms with Crippen LogP contribution in [-0.4, -0.2) is 18.8 Å². The van der Waals surface area contributed by atoms with Crippen LogP contribution in [0.3, 0.4) is 0 Å². The molecule has 19 heavy (non-hydrogen) atoms. The zero-order chi connectivity index (χ0) is 13.9. The molecule has 0 aromatic heterocycles. The van der Waals surface area contributed by atoms with Crippen molar-refractivity contribution in [3.05, 3.63) is 29.8 Å². The van der Waals surface area contributed by atoms with E-state index in [1.165, 1.54) is 6.92 Å². The normalized spacial score (nSPS) is 16.3. The van der Waals surface area contributed by atoms with Gasteiger partial charge in [0.1, 0.15) is 11.5 Å². The van der Waals surface area contributed by atoms with Crippen molar-refractivity contribution >= 4 is 11.7 Å². The Balaban J connectivity index is 2.12. The van der Waals surface area contributed by atoms with Crippen LogP contribution in [0.4, 0.5) is 0 Å². The summed E-state index contributed by atoms with van der Waals surface area (Å²) in [5.74, 6) is 0.498. The maximum atomic E-state index is 11.8. The summed E-state index contributed by atoms with van der Waals surface area (Å²) in [5.41, 5.74) is 0.787. The van der Waals surface area contributed by atoms with Crippen LogP contribution < -0.4 is 10.1 Å². The number of rotatable bonds is 5. The summed E-state index contributed by atoms with van der Waals surface area (Å²) < 4.78 is 5.14. The summed E-state index contributed by atoms with van der Waals surface area (Å²) in [5, 5.41) is 3.01. The lowest BCUT2D eigenvalue weighted by atomic mass is 9.71. The van der Waals surface area contributed by atoms with Gasteiger partial charge >= 0.3 is 0 Å². The minimum Gasteiger partial charge on any atom is -0.497 e. The minimum atomic E-state index is -0.293. The molecule has 0 unspecified atom stereocenters. The Kier molecular flexibility index (Phi) is 3.88. The molecule has 0 heterocycles. The number of amides is 1. The van der Waals surface area contributed by atoms with E-state index in [1.54, 1.807) is 7.11 Å². The molecule has 1 aliphatic rings. The summed E-state index contributed by atoms with van der Waals surface area (Å²) in [6.07, 6.45) is 2.89. The Labute approximate surface area is 113 Å². The maximum absolute atomic E-state index is 11.8. The summed E-state index contributed by atoms with van der Waals surface area (Å²) in [6.45, 7) is 1.43. The predicted molar refractivity (Wildman–Crippen MR) is 72.0 cm³/mol. The van der Waals surface area contributed by atoms with Crippen molar-refractivity contribution in [2.24, 2.45) is 0 Å². The third-order valence-corrected chi connectivity index (χ3v) is 3.64. The van der Waals surface area contributed by atoms with E-state index in [0.717, 1.165) is 30.6 Å². The number of hydrogen-bond acceptors (Lipinski definition) is 3. The Morgan fingerprint density at radius 2 is 1.89 bits per heavy atom. The fourth-order valence-electron chi connectivity index (χ4n) is 2.46. The monoisotopic (exact) mass is 261 g/mol. The molecule has 102 valence electrons. The van der Waals surface area contributed by atoms with E-state index in [0.29, 0.717) is 0 Å². The van der Waals surface area contributed by atoms with Gasteiger partial charge in [-0.15, -0.1) is 0 Å². The summed E-state index contributed by atoms with van der Waals surface area (Å²) in [4.78, 5) is 22.8. The number of ketones is 1. The average Bonchev–Trinajstić information content (AvgIpc) is 2.33. The highest BCUT2D eigenvalue weighted by Gasteiger charge is 2.39. The number of carbonyl (C=O) groups is 2. The van der Waals surface area contributed by atoms with Crippen molar-refractivity contribution in [3.63, 3.8) is 0 Å². The van der Waals surface area contributed by atoms with Gasteiger partial charge in [-0.3, -0.25) is 9.59 Å². The predicted octanol–water partition coefficient (Wildman–Crippen LogP) is 2.17. The number of carbonyl (C=O) groups excluding carboxylic acids is 2. The van der Waals surface area contributed by atoms with E-state index in [9.17, 15) is 9.59 Å². The van der Waals surface area contributed by atoms with Crippen LogP contribution in [0.15, 0.2) is 24.3 Å². The van der Waals surface area contributed by atoms with Crippen LogP contribution in [0.1, 0.15) is 38.2 Å². The van der Waals surface area contributed by atoms with Gasteiger partial charge < -0.3 is 10.1 Å². The molecule has 0 radical (unpaired) electrons. The lowest BCUT2D eigenvalue weighted by molar-refractivity contribution is -0.129. The largest absolute Gasteiger partial charge is 0.497 e. The number of hydrogen-bond donors (Lipinski definition) is 1. The molecule has 0 aliphatic heterocycles. The Morgan fingerprint density at radius 3 is 2.32 bits per heavy atom. The first-order chi connectivity index (χ1) is 9.05. The third kappa shape index (κ3) is 2.95. The zero-order valence-corrected chi connectivity index (χ0v) is 11.4. The van der Waals surface area contributed by atoms with Crippen molar-refractivity contribution in [1.29, 1.82) is 0 Å². The van der Waals surface area contributed by atoms with Gasteiger partial charge in [-0.1, -0.05) is 12.1 Å². The van der Waals surface area contributed by atoms with Crippen LogP contribution >= 0.6 is 0 Å². The van der Waals surface area contributed by atoms with Gasteiger partial charge in [0.2, 0.25) is 5.91 Å². The Hall–Kier alpha value is -1.84. The molecular weight excluding hydrogens is 242 g/mol. The Bertz CT molecular complexity index is 475. The number of benzene rings is 1. The van der Waals surface area contributed by atoms with Gasteiger partial charge in [-0.05, 0) is 43.9 Å². The van der Waals surface area contributed by atoms with Gasteiger partial charge in [0.15, 0.2) is 0 Å². The molecular formula is C15H19NO3. The molecule has 1 aromatic carbocycles. The molecule has 1 fully saturated rings. The zero-order valence-electron chi connectivity index (χ0n) is 11.4. The van der Waals surface area contributed by atoms with E-state index in [1.807, 2.05) is 24.3 Å². The average molecular weight is 261 g/mol. The molecule has 1 N–H and O–H groups in total. The van der Waals surface area contributed by atoms with Gasteiger partial charge in [-0.25, -0.2) is 0 Å². The molecule has 2 rings (SSSR count). The summed E-state index contributed by atoms with van der Waals surface area (Å²) >= 11 is 0. The third-order valence-electron chi connectivity index (χ3n) is 3.64. The first-order valence-corrected chi connectivity index (χ1v) is 6.51. The van der Waals surface area contributed by atoms with Crippen LogP contribution in [0, 0.1) is 0 Å². The van der Waals surface area contributed by atoms with Crippen LogP contribution in [-0.2, 0) is 15.1 Å². The molecule has 1 amide bonds. The fraction of sp³-hybridized carbons (Fsp3) is 0.467. The fourth-order valence-corrected chi connectivity index (χ4v) is 2.46. The van der Waals surface area contributed by atoms with Gasteiger partial charge in [0, 0.05) is 0 Å². The van der Waals surface area contributed by atoms with E-state index < -0.39 is 0 Å². The molecule has 0 saturated heterocycles. The molecule has 0 spiro atoms. The first kappa shape index (κ1) is 13.6. The second-order valence-corrected chi connectivity index (χ2v) is 5.09. The molecule has 4 heteroatoms. The standard InChI is InChI=1S/C15H19NO3/c1-11(17)10-14(18)16-15(8-3-9-15)12-4-6-13(19-2)7-5-12/h4-7H,3,8-10H2,1-2H3,(H,16,18). The molecule has 0 bridgehead atoms. The smallest absolute Gasteiger partial charge is 0.228 e. The Morgan fingerprint density at radius 1 is 1.26 bits per heavy atom. The SMILES string of the molecule is COc1ccc(C2(NC(=O)CC(C)=O)CCC2)cc1. The topological polar surface area (TPSA) is 55.4 Å². The maximum Gasteiger partial charge on any atom is 0.228 e. The van der Waals surface area contributed by atoms with Gasteiger partial charge in [0.25, 0.3) is 0 Å². The highest BCUT2D eigenvalue weighted by molar-refractivity contribution is 5.97. The molecule has 1 aliphatic carbocycles. The number of ether oxygens (including phenoxy) is 1. The van der Waals surface area contributed by atoms with Gasteiger partial charge in [-0.2, -0.15) is 0 Å². The van der Waals surface area contributed by atoms with Crippen molar-refractivity contribution in [2.45, 2.75) is 38.1 Å². The van der Waals surface area contributed by atoms with Crippen molar-refractivity contribution in [3.8, 4) is 5.75 Å². The second kappa shape index (κ2) is 5.43. The van der Waals surface area contributed by atoms with Crippen LogP contribution in [0.25, 0.3) is 0 Å². The van der Waals surface area contributed by atoms with Crippen LogP contribution in [0.5, 0.6) is 5.75 Å². The molecule has 1 saturated carbocycles. The summed E-state index contributed by atoms with van der Waals surface area (Å²) in [6, 6.07) is 7.75. The van der Waals surface area contributed by atoms with E-state index >= 15 is 0 Å². The highest BCUT2D eigenvalue weighted by Crippen LogP contribution is 2.41. The summed E-state index contributed by atoms with van der Waals surface area (Å²) in [7, 11) is 1.63. The number of Topliss-reactive ketones (excluding diaryl/α,β-unsaturated/α-hetero) is 1. The lowest BCUT2D eigenvalue weighted by Crippen LogP contribution is -2.51.